The second kappa shape index (κ2) is 10.6. The molecular formula is C17H26BrClN4O2. The van der Waals surface area contributed by atoms with Crippen molar-refractivity contribution in [2.75, 3.05) is 13.1 Å². The quantitative estimate of drug-likeness (QED) is 0.497. The molecule has 2 rings (SSSR count). The molecule has 1 saturated carbocycles. The van der Waals surface area contributed by atoms with Crippen LogP contribution in [0.1, 0.15) is 37.7 Å². The minimum Gasteiger partial charge on any atom is -0.354 e. The Morgan fingerprint density at radius 3 is 2.56 bits per heavy atom. The molecule has 0 bridgehead atoms. The molecule has 0 heterocycles. The van der Waals surface area contributed by atoms with E-state index in [1.165, 1.54) is 0 Å². The van der Waals surface area contributed by atoms with Crippen LogP contribution in [0.3, 0.4) is 0 Å². The summed E-state index contributed by atoms with van der Waals surface area (Å²) in [4.78, 5) is 24.8. The van der Waals surface area contributed by atoms with E-state index in [1.807, 2.05) is 24.3 Å². The van der Waals surface area contributed by atoms with Crippen LogP contribution in [0.25, 0.3) is 0 Å². The monoisotopic (exact) mass is 432 g/mol. The molecule has 8 heteroatoms. The summed E-state index contributed by atoms with van der Waals surface area (Å²) in [6.45, 7) is 1.49. The van der Waals surface area contributed by atoms with Gasteiger partial charge in [0, 0.05) is 17.6 Å². The first kappa shape index (κ1) is 21.7. The maximum absolute atomic E-state index is 12.5. The second-order valence-electron chi connectivity index (χ2n) is 6.12. The first-order valence-electron chi connectivity index (χ1n) is 8.34. The highest BCUT2D eigenvalue weighted by atomic mass is 79.9. The van der Waals surface area contributed by atoms with Crippen LogP contribution >= 0.6 is 28.3 Å². The van der Waals surface area contributed by atoms with Gasteiger partial charge in [-0.15, -0.1) is 12.4 Å². The molecule has 0 atom stereocenters. The van der Waals surface area contributed by atoms with E-state index in [0.717, 1.165) is 29.3 Å². The van der Waals surface area contributed by atoms with Gasteiger partial charge in [0.05, 0.1) is 0 Å². The van der Waals surface area contributed by atoms with E-state index in [4.69, 9.17) is 5.73 Å². The molecule has 1 fully saturated rings. The fourth-order valence-corrected chi connectivity index (χ4v) is 3.40. The Hall–Kier alpha value is -1.31. The molecule has 0 radical (unpaired) electrons. The predicted molar refractivity (Wildman–Crippen MR) is 105 cm³/mol. The van der Waals surface area contributed by atoms with Crippen LogP contribution in [0.5, 0.6) is 0 Å². The Kier molecular flexibility index (Phi) is 9.24. The van der Waals surface area contributed by atoms with Gasteiger partial charge in [0.2, 0.25) is 5.91 Å². The summed E-state index contributed by atoms with van der Waals surface area (Å²) in [5.41, 5.74) is 5.65. The molecule has 5 N–H and O–H groups in total. The lowest BCUT2D eigenvalue weighted by molar-refractivity contribution is -0.127. The minimum atomic E-state index is -0.796. The van der Waals surface area contributed by atoms with Gasteiger partial charge >= 0.3 is 6.03 Å². The molecule has 1 aromatic carbocycles. The zero-order valence-corrected chi connectivity index (χ0v) is 16.5. The van der Waals surface area contributed by atoms with Crippen molar-refractivity contribution in [3.05, 3.63) is 34.3 Å². The number of rotatable bonds is 7. The van der Waals surface area contributed by atoms with Crippen molar-refractivity contribution in [2.24, 2.45) is 5.73 Å². The number of urea groups is 1. The maximum atomic E-state index is 12.5. The fraction of sp³-hybridized carbons (Fsp3) is 0.529. The van der Waals surface area contributed by atoms with Gasteiger partial charge in [-0.25, -0.2) is 4.79 Å². The zero-order valence-electron chi connectivity index (χ0n) is 14.1. The molecule has 0 saturated heterocycles. The molecule has 6 nitrogen and oxygen atoms in total. The lowest BCUT2D eigenvalue weighted by atomic mass is 9.96. The van der Waals surface area contributed by atoms with E-state index in [2.05, 4.69) is 31.9 Å². The number of carbonyl (C=O) groups excluding carboxylic acids is 2. The van der Waals surface area contributed by atoms with E-state index in [9.17, 15) is 9.59 Å². The number of carbonyl (C=O) groups is 2. The van der Waals surface area contributed by atoms with Gasteiger partial charge < -0.3 is 21.7 Å². The molecule has 0 aromatic heterocycles. The van der Waals surface area contributed by atoms with Gasteiger partial charge in [-0.05, 0) is 43.5 Å². The van der Waals surface area contributed by atoms with Crippen molar-refractivity contribution in [1.29, 1.82) is 0 Å². The van der Waals surface area contributed by atoms with Gasteiger partial charge in [-0.3, -0.25) is 4.79 Å². The lowest BCUT2D eigenvalue weighted by Crippen LogP contribution is -2.59. The van der Waals surface area contributed by atoms with E-state index >= 15 is 0 Å². The van der Waals surface area contributed by atoms with Crippen LogP contribution in [0.2, 0.25) is 0 Å². The van der Waals surface area contributed by atoms with Crippen LogP contribution in [-0.2, 0) is 11.3 Å². The molecule has 25 heavy (non-hydrogen) atoms. The third-order valence-corrected chi connectivity index (χ3v) is 4.75. The maximum Gasteiger partial charge on any atom is 0.315 e. The van der Waals surface area contributed by atoms with Crippen molar-refractivity contribution in [2.45, 2.75) is 44.2 Å². The molecule has 3 amide bonds. The van der Waals surface area contributed by atoms with Gasteiger partial charge in [0.25, 0.3) is 0 Å². The zero-order chi connectivity index (χ0) is 17.4. The van der Waals surface area contributed by atoms with Crippen molar-refractivity contribution >= 4 is 40.3 Å². The average Bonchev–Trinajstić information content (AvgIpc) is 3.03. The summed E-state index contributed by atoms with van der Waals surface area (Å²) in [6.07, 6.45) is 3.96. The molecule has 0 unspecified atom stereocenters. The summed E-state index contributed by atoms with van der Waals surface area (Å²) in [7, 11) is 0. The average molecular weight is 434 g/mol. The standard InChI is InChI=1S/C17H25BrN4O2.ClH/c18-14-6-3-5-13(11-14)12-21-16(24)22-17(7-1-2-8-17)15(23)20-10-4-9-19;/h3,5-6,11H,1-2,4,7-10,12,19H2,(H,20,23)(H2,21,22,24);1H. The predicted octanol–water partition coefficient (Wildman–Crippen LogP) is 2.45. The molecule has 140 valence electrons. The molecule has 1 aliphatic carbocycles. The topological polar surface area (TPSA) is 96.2 Å². The normalized spacial score (nSPS) is 15.1. The van der Waals surface area contributed by atoms with Crippen molar-refractivity contribution in [1.82, 2.24) is 16.0 Å². The molecule has 0 aliphatic heterocycles. The van der Waals surface area contributed by atoms with Crippen LogP contribution in [0.4, 0.5) is 4.79 Å². The van der Waals surface area contributed by atoms with E-state index in [-0.39, 0.29) is 24.3 Å². The Balaban J connectivity index is 0.00000312. The number of halogens is 2. The van der Waals surface area contributed by atoms with Crippen molar-refractivity contribution < 1.29 is 9.59 Å². The Bertz CT molecular complexity index is 580. The van der Waals surface area contributed by atoms with Gasteiger partial charge in [0.1, 0.15) is 5.54 Å². The first-order chi connectivity index (χ1) is 11.6. The number of hydrogen-bond acceptors (Lipinski definition) is 3. The van der Waals surface area contributed by atoms with Gasteiger partial charge in [-0.1, -0.05) is 40.9 Å². The Morgan fingerprint density at radius 2 is 1.92 bits per heavy atom. The van der Waals surface area contributed by atoms with E-state index in [1.54, 1.807) is 0 Å². The third-order valence-electron chi connectivity index (χ3n) is 4.25. The number of hydrogen-bond donors (Lipinski definition) is 4. The number of nitrogens with one attached hydrogen (secondary N) is 3. The summed E-state index contributed by atoms with van der Waals surface area (Å²) < 4.78 is 0.966. The molecule has 0 spiro atoms. The highest BCUT2D eigenvalue weighted by Gasteiger charge is 2.42. The van der Waals surface area contributed by atoms with E-state index < -0.39 is 5.54 Å². The SMILES string of the molecule is Cl.NCCCNC(=O)C1(NC(=O)NCc2cccc(Br)c2)CCCC1. The van der Waals surface area contributed by atoms with Gasteiger partial charge in [-0.2, -0.15) is 0 Å². The van der Waals surface area contributed by atoms with Crippen molar-refractivity contribution in [3.8, 4) is 0 Å². The summed E-state index contributed by atoms with van der Waals surface area (Å²) >= 11 is 3.41. The minimum absolute atomic E-state index is 0. The van der Waals surface area contributed by atoms with Crippen LogP contribution < -0.4 is 21.7 Å². The molecule has 1 aromatic rings. The highest BCUT2D eigenvalue weighted by molar-refractivity contribution is 9.10. The van der Waals surface area contributed by atoms with Crippen molar-refractivity contribution in [3.63, 3.8) is 0 Å². The number of nitrogens with two attached hydrogens (primary N) is 1. The highest BCUT2D eigenvalue weighted by Crippen LogP contribution is 2.29. The largest absolute Gasteiger partial charge is 0.354 e. The van der Waals surface area contributed by atoms with Crippen LogP contribution in [0, 0.1) is 0 Å². The third kappa shape index (κ3) is 6.49. The fourth-order valence-electron chi connectivity index (χ4n) is 2.95. The van der Waals surface area contributed by atoms with Gasteiger partial charge in [0.15, 0.2) is 0 Å². The second-order valence-corrected chi connectivity index (χ2v) is 7.04. The van der Waals surface area contributed by atoms with Crippen LogP contribution in [0.15, 0.2) is 28.7 Å². The van der Waals surface area contributed by atoms with E-state index in [0.29, 0.717) is 32.5 Å². The first-order valence-corrected chi connectivity index (χ1v) is 9.14. The summed E-state index contributed by atoms with van der Waals surface area (Å²) in [5, 5.41) is 8.61. The Labute approximate surface area is 163 Å². The molecular weight excluding hydrogens is 408 g/mol. The molecule has 1 aliphatic rings. The Morgan fingerprint density at radius 1 is 1.20 bits per heavy atom. The number of benzene rings is 1. The lowest BCUT2D eigenvalue weighted by Gasteiger charge is -2.29. The smallest absolute Gasteiger partial charge is 0.315 e. The number of amides is 3. The summed E-state index contributed by atoms with van der Waals surface area (Å²) in [6, 6.07) is 7.43. The van der Waals surface area contributed by atoms with Crippen LogP contribution in [-0.4, -0.2) is 30.6 Å². The summed E-state index contributed by atoms with van der Waals surface area (Å²) in [5.74, 6) is -0.106.